The SMILES string of the molecule is COc1ccc(C(=O)NCCCNc2ncc(C(=O)c3ccccc3C(F)(F)F)s2)cc1. The molecule has 0 aliphatic heterocycles. The minimum absolute atomic E-state index is 0.108. The second-order valence-electron chi connectivity index (χ2n) is 6.67. The molecule has 2 aromatic carbocycles. The number of carbonyl (C=O) groups excluding carboxylic acids is 2. The van der Waals surface area contributed by atoms with Gasteiger partial charge in [0.05, 0.1) is 23.7 Å². The first-order valence-electron chi connectivity index (χ1n) is 9.62. The summed E-state index contributed by atoms with van der Waals surface area (Å²) in [5.74, 6) is -0.276. The van der Waals surface area contributed by atoms with E-state index in [1.807, 2.05) is 0 Å². The van der Waals surface area contributed by atoms with Gasteiger partial charge in [-0.2, -0.15) is 13.2 Å². The van der Waals surface area contributed by atoms with Gasteiger partial charge in [-0.1, -0.05) is 29.5 Å². The maximum atomic E-state index is 13.2. The van der Waals surface area contributed by atoms with Gasteiger partial charge in [-0.3, -0.25) is 9.59 Å². The number of nitrogens with zero attached hydrogens (tertiary/aromatic N) is 1. The number of amides is 1. The molecule has 3 aromatic rings. The van der Waals surface area contributed by atoms with E-state index in [0.29, 0.717) is 36.0 Å². The molecule has 10 heteroatoms. The quantitative estimate of drug-likeness (QED) is 0.357. The number of ketones is 1. The van der Waals surface area contributed by atoms with E-state index in [2.05, 4.69) is 15.6 Å². The van der Waals surface area contributed by atoms with Gasteiger partial charge < -0.3 is 15.4 Å². The summed E-state index contributed by atoms with van der Waals surface area (Å²) in [4.78, 5) is 28.8. The number of thiazole rings is 1. The van der Waals surface area contributed by atoms with Crippen LogP contribution in [-0.4, -0.2) is 36.9 Å². The van der Waals surface area contributed by atoms with Crippen molar-refractivity contribution in [3.63, 3.8) is 0 Å². The highest BCUT2D eigenvalue weighted by Gasteiger charge is 2.35. The van der Waals surface area contributed by atoms with E-state index in [1.165, 1.54) is 18.3 Å². The van der Waals surface area contributed by atoms with Crippen molar-refractivity contribution in [1.82, 2.24) is 10.3 Å². The molecule has 6 nitrogen and oxygen atoms in total. The number of hydrogen-bond acceptors (Lipinski definition) is 6. The van der Waals surface area contributed by atoms with Gasteiger partial charge in [-0.15, -0.1) is 0 Å². The molecule has 0 fully saturated rings. The first kappa shape index (κ1) is 23.3. The van der Waals surface area contributed by atoms with Crippen molar-refractivity contribution in [3.05, 3.63) is 76.3 Å². The van der Waals surface area contributed by atoms with Gasteiger partial charge in [0.2, 0.25) is 5.78 Å². The number of rotatable bonds is 9. The Morgan fingerprint density at radius 2 is 1.78 bits per heavy atom. The maximum Gasteiger partial charge on any atom is 0.417 e. The molecule has 0 saturated heterocycles. The minimum Gasteiger partial charge on any atom is -0.497 e. The fraction of sp³-hybridized carbons (Fsp3) is 0.227. The number of halogens is 3. The molecular weight excluding hydrogens is 443 g/mol. The number of anilines is 1. The third-order valence-electron chi connectivity index (χ3n) is 4.47. The summed E-state index contributed by atoms with van der Waals surface area (Å²) >= 11 is 0.982. The number of aromatic nitrogens is 1. The highest BCUT2D eigenvalue weighted by atomic mass is 32.1. The predicted molar refractivity (Wildman–Crippen MR) is 115 cm³/mol. The Hall–Kier alpha value is -3.40. The summed E-state index contributed by atoms with van der Waals surface area (Å²) in [7, 11) is 1.55. The number of benzene rings is 2. The molecule has 1 aromatic heterocycles. The lowest BCUT2D eigenvalue weighted by Crippen LogP contribution is -2.25. The lowest BCUT2D eigenvalue weighted by molar-refractivity contribution is -0.137. The van der Waals surface area contributed by atoms with Crippen LogP contribution in [0, 0.1) is 0 Å². The van der Waals surface area contributed by atoms with E-state index >= 15 is 0 Å². The number of carbonyl (C=O) groups is 2. The summed E-state index contributed by atoms with van der Waals surface area (Å²) in [6.45, 7) is 0.872. The van der Waals surface area contributed by atoms with E-state index in [0.717, 1.165) is 23.5 Å². The zero-order valence-electron chi connectivity index (χ0n) is 17.0. The highest BCUT2D eigenvalue weighted by Crippen LogP contribution is 2.33. The van der Waals surface area contributed by atoms with Crippen molar-refractivity contribution < 1.29 is 27.5 Å². The summed E-state index contributed by atoms with van der Waals surface area (Å²) in [6.07, 6.45) is -2.77. The van der Waals surface area contributed by atoms with Gasteiger partial charge in [0.15, 0.2) is 5.13 Å². The van der Waals surface area contributed by atoms with Crippen LogP contribution >= 0.6 is 11.3 Å². The number of methoxy groups -OCH3 is 1. The molecule has 1 heterocycles. The average molecular weight is 463 g/mol. The van der Waals surface area contributed by atoms with Crippen molar-refractivity contribution in [1.29, 1.82) is 0 Å². The van der Waals surface area contributed by atoms with Gasteiger partial charge in [-0.25, -0.2) is 4.98 Å². The second-order valence-corrected chi connectivity index (χ2v) is 7.70. The highest BCUT2D eigenvalue weighted by molar-refractivity contribution is 7.17. The van der Waals surface area contributed by atoms with Crippen LogP contribution in [0.3, 0.4) is 0 Å². The zero-order valence-corrected chi connectivity index (χ0v) is 17.8. The minimum atomic E-state index is -4.62. The van der Waals surface area contributed by atoms with Crippen LogP contribution in [0.1, 0.15) is 37.6 Å². The molecule has 0 aliphatic carbocycles. The van der Waals surface area contributed by atoms with E-state index in [4.69, 9.17) is 4.74 Å². The van der Waals surface area contributed by atoms with Crippen LogP contribution in [0.25, 0.3) is 0 Å². The molecule has 0 bridgehead atoms. The van der Waals surface area contributed by atoms with Gasteiger partial charge in [0.25, 0.3) is 5.91 Å². The summed E-state index contributed by atoms with van der Waals surface area (Å²) in [5.41, 5.74) is -0.863. The fourth-order valence-electron chi connectivity index (χ4n) is 2.85. The second kappa shape index (κ2) is 10.3. The molecule has 32 heavy (non-hydrogen) atoms. The Morgan fingerprint density at radius 1 is 1.06 bits per heavy atom. The topological polar surface area (TPSA) is 80.3 Å². The molecule has 0 radical (unpaired) electrons. The molecule has 0 unspecified atom stereocenters. The Morgan fingerprint density at radius 3 is 2.47 bits per heavy atom. The van der Waals surface area contributed by atoms with Crippen molar-refractivity contribution in [2.24, 2.45) is 0 Å². The molecule has 0 saturated carbocycles. The normalized spacial score (nSPS) is 11.1. The summed E-state index contributed by atoms with van der Waals surface area (Å²) in [5, 5.41) is 6.22. The van der Waals surface area contributed by atoms with Crippen LogP contribution in [0.4, 0.5) is 18.3 Å². The Labute approximate surface area is 186 Å². The van der Waals surface area contributed by atoms with Gasteiger partial charge >= 0.3 is 6.18 Å². The largest absolute Gasteiger partial charge is 0.497 e. The maximum absolute atomic E-state index is 13.2. The van der Waals surface area contributed by atoms with E-state index in [1.54, 1.807) is 31.4 Å². The van der Waals surface area contributed by atoms with Crippen LogP contribution in [0.2, 0.25) is 0 Å². The van der Waals surface area contributed by atoms with Crippen molar-refractivity contribution >= 4 is 28.2 Å². The van der Waals surface area contributed by atoms with Crippen LogP contribution in [-0.2, 0) is 6.18 Å². The lowest BCUT2D eigenvalue weighted by atomic mass is 10.0. The first-order valence-corrected chi connectivity index (χ1v) is 10.4. The molecule has 1 amide bonds. The Bertz CT molecular complexity index is 1080. The van der Waals surface area contributed by atoms with Crippen LogP contribution in [0.5, 0.6) is 5.75 Å². The first-order chi connectivity index (χ1) is 15.3. The van der Waals surface area contributed by atoms with E-state index in [9.17, 15) is 22.8 Å². The number of hydrogen-bond donors (Lipinski definition) is 2. The molecule has 0 spiro atoms. The summed E-state index contributed by atoms with van der Waals surface area (Å²) < 4.78 is 44.5. The van der Waals surface area contributed by atoms with Gasteiger partial charge in [0.1, 0.15) is 5.75 Å². The molecule has 0 atom stereocenters. The fourth-order valence-corrected chi connectivity index (χ4v) is 3.65. The monoisotopic (exact) mass is 463 g/mol. The Kier molecular flexibility index (Phi) is 7.47. The standard InChI is InChI=1S/C22H20F3N3O3S/c1-31-15-9-7-14(8-10-15)20(30)26-11-4-12-27-21-28-13-18(32-21)19(29)16-5-2-3-6-17(16)22(23,24)25/h2-3,5-10,13H,4,11-12H2,1H3,(H,26,30)(H,27,28). The lowest BCUT2D eigenvalue weighted by Gasteiger charge is -2.10. The Balaban J connectivity index is 1.49. The van der Waals surface area contributed by atoms with Crippen molar-refractivity contribution in [3.8, 4) is 5.75 Å². The number of nitrogens with one attached hydrogen (secondary N) is 2. The van der Waals surface area contributed by atoms with E-state index < -0.39 is 23.1 Å². The van der Waals surface area contributed by atoms with E-state index in [-0.39, 0.29) is 10.8 Å². The van der Waals surface area contributed by atoms with Crippen molar-refractivity contribution in [2.75, 3.05) is 25.5 Å². The average Bonchev–Trinajstić information content (AvgIpc) is 3.26. The smallest absolute Gasteiger partial charge is 0.417 e. The molecule has 0 aliphatic rings. The third-order valence-corrected chi connectivity index (χ3v) is 5.43. The van der Waals surface area contributed by atoms with Crippen LogP contribution in [0.15, 0.2) is 54.7 Å². The summed E-state index contributed by atoms with van der Waals surface area (Å²) in [6, 6.07) is 11.4. The molecule has 3 rings (SSSR count). The van der Waals surface area contributed by atoms with Gasteiger partial charge in [0, 0.05) is 24.2 Å². The third kappa shape index (κ3) is 5.85. The number of ether oxygens (including phenoxy) is 1. The molecular formula is C22H20F3N3O3S. The van der Waals surface area contributed by atoms with Crippen molar-refractivity contribution in [2.45, 2.75) is 12.6 Å². The van der Waals surface area contributed by atoms with Crippen LogP contribution < -0.4 is 15.4 Å². The predicted octanol–water partition coefficient (Wildman–Crippen LogP) is 4.63. The zero-order chi connectivity index (χ0) is 23.1. The molecule has 168 valence electrons. The number of alkyl halides is 3. The molecule has 2 N–H and O–H groups in total. The van der Waals surface area contributed by atoms with Gasteiger partial charge in [-0.05, 0) is 36.8 Å².